The van der Waals surface area contributed by atoms with Gasteiger partial charge in [0, 0.05) is 26.2 Å². The average molecular weight is 588 g/mol. The van der Waals surface area contributed by atoms with Gasteiger partial charge in [-0.25, -0.2) is 0 Å². The molecule has 37 heavy (non-hydrogen) atoms. The van der Waals surface area contributed by atoms with Crippen molar-refractivity contribution in [1.29, 1.82) is 0 Å². The van der Waals surface area contributed by atoms with Crippen LogP contribution in [0.2, 0.25) is 0 Å². The minimum absolute atomic E-state index is 0. The molecule has 4 aromatic carbocycles. The molecule has 0 amide bonds. The number of phenols is 8. The molecule has 196 valence electrons. The van der Waals surface area contributed by atoms with Crippen LogP contribution in [-0.2, 0) is 26.2 Å². The van der Waals surface area contributed by atoms with E-state index in [0.29, 0.717) is 0 Å². The van der Waals surface area contributed by atoms with Gasteiger partial charge in [-0.1, -0.05) is 24.3 Å². The minimum Gasteiger partial charge on any atom is -0.504 e. The molecule has 0 aromatic heterocycles. The van der Waals surface area contributed by atoms with Crippen molar-refractivity contribution in [2.24, 2.45) is 0 Å². The minimum atomic E-state index is -0.0689. The number of rotatable bonds is 0. The molecule has 4 aromatic rings. The smallest absolute Gasteiger partial charge is 0.157 e. The Morgan fingerprint density at radius 3 is 0.568 bits per heavy atom. The number of aryl methyl sites for hydroxylation is 4. The Morgan fingerprint density at radius 1 is 0.297 bits per heavy atom. The molecule has 0 atom stereocenters. The summed E-state index contributed by atoms with van der Waals surface area (Å²) in [4.78, 5) is 0. The molecule has 0 heterocycles. The van der Waals surface area contributed by atoms with Crippen LogP contribution in [0.3, 0.4) is 0 Å². The van der Waals surface area contributed by atoms with E-state index in [4.69, 9.17) is 40.9 Å². The maximum atomic E-state index is 8.85. The Morgan fingerprint density at radius 2 is 0.459 bits per heavy atom. The van der Waals surface area contributed by atoms with Gasteiger partial charge in [0.2, 0.25) is 0 Å². The van der Waals surface area contributed by atoms with Gasteiger partial charge in [0.25, 0.3) is 0 Å². The normalized spacial score (nSPS) is 9.19. The van der Waals surface area contributed by atoms with Crippen LogP contribution in [0.5, 0.6) is 46.0 Å². The van der Waals surface area contributed by atoms with Crippen LogP contribution >= 0.6 is 0 Å². The van der Waals surface area contributed by atoms with Gasteiger partial charge in [-0.15, -0.1) is 0 Å². The second kappa shape index (κ2) is 16.0. The van der Waals surface area contributed by atoms with Crippen LogP contribution in [0.1, 0.15) is 22.3 Å². The molecule has 0 spiro atoms. The molecule has 0 aliphatic rings. The van der Waals surface area contributed by atoms with Crippen LogP contribution in [0.25, 0.3) is 0 Å². The second-order valence-corrected chi connectivity index (χ2v) is 7.97. The second-order valence-electron chi connectivity index (χ2n) is 7.97. The zero-order valence-electron chi connectivity index (χ0n) is 21.0. The van der Waals surface area contributed by atoms with Crippen LogP contribution in [-0.4, -0.2) is 40.9 Å². The van der Waals surface area contributed by atoms with E-state index >= 15 is 0 Å². The molecule has 0 fully saturated rings. The first-order valence-corrected chi connectivity index (χ1v) is 10.7. The SMILES string of the molecule is Cc1ccc(O)c(O)c1.Cc1ccc(O)c(O)c1.Cc1ccc(O)c(O)c1.Cc1ccc(O)c(O)c1.[Zr]. The van der Waals surface area contributed by atoms with Crippen molar-refractivity contribution in [3.05, 3.63) is 95.1 Å². The maximum Gasteiger partial charge on any atom is 0.157 e. The summed E-state index contributed by atoms with van der Waals surface area (Å²) in [6.45, 7) is 7.39. The largest absolute Gasteiger partial charge is 0.504 e. The summed E-state index contributed by atoms with van der Waals surface area (Å²) in [6.07, 6.45) is 0. The zero-order valence-corrected chi connectivity index (χ0v) is 23.5. The molecular weight excluding hydrogens is 556 g/mol. The zero-order chi connectivity index (χ0) is 27.4. The van der Waals surface area contributed by atoms with E-state index in [1.165, 1.54) is 48.5 Å². The molecular formula is C28H32O8Zr. The van der Waals surface area contributed by atoms with Gasteiger partial charge in [-0.2, -0.15) is 0 Å². The first-order valence-electron chi connectivity index (χ1n) is 10.7. The van der Waals surface area contributed by atoms with Crippen LogP contribution in [0.15, 0.2) is 72.8 Å². The number of hydrogen-bond donors (Lipinski definition) is 8. The summed E-state index contributed by atoms with van der Waals surface area (Å²) in [6, 6.07) is 18.8. The molecule has 8 N–H and O–H groups in total. The Balaban J connectivity index is 0.000000463. The van der Waals surface area contributed by atoms with Gasteiger partial charge in [0.05, 0.1) is 0 Å². The van der Waals surface area contributed by atoms with Gasteiger partial charge in [-0.3, -0.25) is 0 Å². The van der Waals surface area contributed by atoms with E-state index in [9.17, 15) is 0 Å². The van der Waals surface area contributed by atoms with Crippen molar-refractivity contribution < 1.29 is 67.1 Å². The fraction of sp³-hybridized carbons (Fsp3) is 0.143. The number of phenolic OH excluding ortho intramolecular Hbond substituents is 8. The van der Waals surface area contributed by atoms with Crippen molar-refractivity contribution in [1.82, 2.24) is 0 Å². The molecule has 0 aliphatic heterocycles. The van der Waals surface area contributed by atoms with Crippen LogP contribution < -0.4 is 0 Å². The van der Waals surface area contributed by atoms with Crippen LogP contribution in [0, 0.1) is 27.7 Å². The Hall–Kier alpha value is -3.84. The standard InChI is InChI=1S/4C7H8O2.Zr/c4*1-5-2-3-6(8)7(9)4-5;/h4*2-4,8-9H,1H3;. The van der Waals surface area contributed by atoms with Gasteiger partial charge in [0.15, 0.2) is 46.0 Å². The fourth-order valence-corrected chi connectivity index (χ4v) is 2.53. The fourth-order valence-electron chi connectivity index (χ4n) is 2.53. The van der Waals surface area contributed by atoms with Crippen molar-refractivity contribution in [2.75, 3.05) is 0 Å². The van der Waals surface area contributed by atoms with Gasteiger partial charge in [0.1, 0.15) is 0 Å². The van der Waals surface area contributed by atoms with Crippen molar-refractivity contribution in [3.8, 4) is 46.0 Å². The van der Waals surface area contributed by atoms with E-state index in [0.717, 1.165) is 22.3 Å². The monoisotopic (exact) mass is 586 g/mol. The molecule has 0 aliphatic carbocycles. The quantitative estimate of drug-likeness (QED) is 0.123. The third-order valence-electron chi connectivity index (χ3n) is 4.52. The third-order valence-corrected chi connectivity index (χ3v) is 4.52. The van der Waals surface area contributed by atoms with Gasteiger partial charge in [-0.05, 0) is 98.5 Å². The molecule has 9 heteroatoms. The van der Waals surface area contributed by atoms with Crippen molar-refractivity contribution in [3.63, 3.8) is 0 Å². The van der Waals surface area contributed by atoms with Crippen molar-refractivity contribution >= 4 is 0 Å². The predicted molar refractivity (Wildman–Crippen MR) is 138 cm³/mol. The van der Waals surface area contributed by atoms with E-state index in [1.807, 2.05) is 27.7 Å². The summed E-state index contributed by atoms with van der Waals surface area (Å²) in [5, 5.41) is 70.6. The summed E-state index contributed by atoms with van der Waals surface area (Å²) in [7, 11) is 0. The molecule has 0 bridgehead atoms. The molecule has 8 nitrogen and oxygen atoms in total. The Kier molecular flexibility index (Phi) is 14.4. The van der Waals surface area contributed by atoms with E-state index in [-0.39, 0.29) is 72.2 Å². The maximum absolute atomic E-state index is 8.85. The Bertz CT molecular complexity index is 1080. The van der Waals surface area contributed by atoms with Gasteiger partial charge >= 0.3 is 0 Å². The first-order chi connectivity index (χ1) is 16.8. The third kappa shape index (κ3) is 12.6. The predicted octanol–water partition coefficient (Wildman–Crippen LogP) is 5.62. The number of benzene rings is 4. The summed E-state index contributed by atoms with van der Waals surface area (Å²) >= 11 is 0. The number of hydrogen-bond acceptors (Lipinski definition) is 8. The first kappa shape index (κ1) is 33.2. The molecule has 0 radical (unpaired) electrons. The number of aromatic hydroxyl groups is 8. The summed E-state index contributed by atoms with van der Waals surface area (Å²) in [5.41, 5.74) is 3.74. The van der Waals surface area contributed by atoms with E-state index < -0.39 is 0 Å². The molecule has 0 saturated carbocycles. The molecule has 4 rings (SSSR count). The Labute approximate surface area is 235 Å². The summed E-state index contributed by atoms with van der Waals surface area (Å²) < 4.78 is 0. The molecule has 0 saturated heterocycles. The topological polar surface area (TPSA) is 162 Å². The van der Waals surface area contributed by atoms with E-state index in [1.54, 1.807) is 24.3 Å². The summed E-state index contributed by atoms with van der Waals surface area (Å²) in [5.74, 6) is -0.516. The average Bonchev–Trinajstić information content (AvgIpc) is 2.81. The molecule has 0 unspecified atom stereocenters. The van der Waals surface area contributed by atoms with E-state index in [2.05, 4.69) is 0 Å². The van der Waals surface area contributed by atoms with Gasteiger partial charge < -0.3 is 40.9 Å². The van der Waals surface area contributed by atoms with Crippen LogP contribution in [0.4, 0.5) is 0 Å². The van der Waals surface area contributed by atoms with Crippen molar-refractivity contribution in [2.45, 2.75) is 27.7 Å².